The Morgan fingerprint density at radius 1 is 1.27 bits per heavy atom. The number of pyridine rings is 1. The first-order chi connectivity index (χ1) is 15.6. The van der Waals surface area contributed by atoms with Crippen molar-refractivity contribution in [2.45, 2.75) is 40.3 Å². The highest BCUT2D eigenvalue weighted by atomic mass is 79.9. The van der Waals surface area contributed by atoms with Crippen LogP contribution < -0.4 is 21.8 Å². The molecule has 0 radical (unpaired) electrons. The van der Waals surface area contributed by atoms with E-state index in [9.17, 15) is 18.4 Å². The first kappa shape index (κ1) is 27.9. The minimum absolute atomic E-state index is 0.0911. The van der Waals surface area contributed by atoms with Crippen LogP contribution in [0.1, 0.15) is 31.5 Å². The van der Waals surface area contributed by atoms with E-state index in [-0.39, 0.29) is 28.8 Å². The molecule has 0 unspecified atom stereocenters. The van der Waals surface area contributed by atoms with Gasteiger partial charge in [-0.1, -0.05) is 12.2 Å². The van der Waals surface area contributed by atoms with Gasteiger partial charge in [0.1, 0.15) is 35.1 Å². The van der Waals surface area contributed by atoms with Crippen LogP contribution >= 0.6 is 15.9 Å². The molecule has 0 bridgehead atoms. The Bertz CT molecular complexity index is 1070. The van der Waals surface area contributed by atoms with Gasteiger partial charge in [-0.3, -0.25) is 4.79 Å². The second-order valence-corrected chi connectivity index (χ2v) is 7.72. The van der Waals surface area contributed by atoms with Crippen molar-refractivity contribution in [1.29, 1.82) is 0 Å². The van der Waals surface area contributed by atoms with Gasteiger partial charge in [0.05, 0.1) is 0 Å². The van der Waals surface area contributed by atoms with E-state index in [0.717, 1.165) is 23.8 Å². The molecule has 10 heteroatoms. The molecule has 1 amide bonds. The van der Waals surface area contributed by atoms with Gasteiger partial charge < -0.3 is 25.5 Å². The second kappa shape index (κ2) is 14.1. The maximum atomic E-state index is 13.6. The van der Waals surface area contributed by atoms with E-state index >= 15 is 0 Å². The van der Waals surface area contributed by atoms with E-state index in [4.69, 9.17) is 10.5 Å². The Morgan fingerprint density at radius 3 is 2.55 bits per heavy atom. The standard InChI is InChI=1S/C18H18BrF2NO2.C5H10N2O2/c1-3-4-5-8-22-12(2)9-16(17(19)18(22)23)24-11-13-6-7-14(20)10-15(13)21;1-4(2-6)3-9-5(7)8/h3-4,6-7,9-10H,5,8,11H2,1-2H3;2H,3,6H2,1H3,(H2,7,8)/b4-3-;4-2+. The number of halogens is 3. The van der Waals surface area contributed by atoms with Gasteiger partial charge in [0.15, 0.2) is 0 Å². The molecule has 7 nitrogen and oxygen atoms in total. The summed E-state index contributed by atoms with van der Waals surface area (Å²) in [5.41, 5.74) is 11.3. The van der Waals surface area contributed by atoms with E-state index in [1.807, 2.05) is 26.0 Å². The molecular formula is C23H28BrF2N3O4. The zero-order chi connectivity index (χ0) is 25.0. The molecule has 0 saturated carbocycles. The van der Waals surface area contributed by atoms with Crippen molar-refractivity contribution in [2.24, 2.45) is 11.5 Å². The average molecular weight is 528 g/mol. The summed E-state index contributed by atoms with van der Waals surface area (Å²) in [6.07, 6.45) is 5.26. The summed E-state index contributed by atoms with van der Waals surface area (Å²) in [5.74, 6) is -0.983. The Kier molecular flexibility index (Phi) is 11.9. The fourth-order valence-corrected chi connectivity index (χ4v) is 2.94. The van der Waals surface area contributed by atoms with Crippen LogP contribution in [0.5, 0.6) is 5.75 Å². The third-order valence-corrected chi connectivity index (χ3v) is 5.02. The van der Waals surface area contributed by atoms with Gasteiger partial charge in [-0.05, 0) is 67.0 Å². The van der Waals surface area contributed by atoms with Crippen molar-refractivity contribution in [3.63, 3.8) is 0 Å². The van der Waals surface area contributed by atoms with Crippen molar-refractivity contribution in [1.82, 2.24) is 4.57 Å². The lowest BCUT2D eigenvalue weighted by molar-refractivity contribution is 0.166. The Balaban J connectivity index is 0.000000513. The molecule has 0 spiro atoms. The summed E-state index contributed by atoms with van der Waals surface area (Å²) >= 11 is 3.25. The predicted molar refractivity (Wildman–Crippen MR) is 127 cm³/mol. The van der Waals surface area contributed by atoms with Gasteiger partial charge in [0.25, 0.3) is 5.56 Å². The molecule has 4 N–H and O–H groups in total. The SMILES string of the molecule is C/C(=C\N)COC(N)=O.C/C=C\CCn1c(C)cc(OCc2ccc(F)cc2F)c(Br)c1=O. The first-order valence-corrected chi connectivity index (χ1v) is 10.8. The number of amides is 1. The molecule has 1 aromatic heterocycles. The van der Waals surface area contributed by atoms with E-state index in [1.54, 1.807) is 17.6 Å². The summed E-state index contributed by atoms with van der Waals surface area (Å²) in [7, 11) is 0. The highest BCUT2D eigenvalue weighted by Gasteiger charge is 2.13. The number of nitrogens with two attached hydrogens (primary N) is 2. The number of aryl methyl sites for hydroxylation is 1. The lowest BCUT2D eigenvalue weighted by atomic mass is 10.2. The molecule has 33 heavy (non-hydrogen) atoms. The van der Waals surface area contributed by atoms with Crippen LogP contribution in [0.3, 0.4) is 0 Å². The van der Waals surface area contributed by atoms with Crippen LogP contribution in [-0.4, -0.2) is 17.3 Å². The number of primary amides is 1. The largest absolute Gasteiger partial charge is 0.487 e. The third-order valence-electron chi connectivity index (χ3n) is 4.29. The number of ether oxygens (including phenoxy) is 2. The van der Waals surface area contributed by atoms with Gasteiger partial charge in [-0.15, -0.1) is 0 Å². The maximum absolute atomic E-state index is 13.6. The van der Waals surface area contributed by atoms with Crippen molar-refractivity contribution in [2.75, 3.05) is 6.61 Å². The van der Waals surface area contributed by atoms with Crippen LogP contribution in [-0.2, 0) is 17.9 Å². The quantitative estimate of drug-likeness (QED) is 0.484. The number of carbonyl (C=O) groups is 1. The smallest absolute Gasteiger partial charge is 0.404 e. The zero-order valence-electron chi connectivity index (χ0n) is 18.7. The molecule has 0 saturated heterocycles. The monoisotopic (exact) mass is 527 g/mol. The van der Waals surface area contributed by atoms with Gasteiger partial charge >= 0.3 is 6.09 Å². The van der Waals surface area contributed by atoms with Gasteiger partial charge in [-0.25, -0.2) is 13.6 Å². The lowest BCUT2D eigenvalue weighted by Gasteiger charge is -2.14. The molecule has 2 rings (SSSR count). The minimum Gasteiger partial charge on any atom is -0.487 e. The average Bonchev–Trinajstić information content (AvgIpc) is 2.77. The third kappa shape index (κ3) is 9.48. The summed E-state index contributed by atoms with van der Waals surface area (Å²) < 4.78 is 38.4. The summed E-state index contributed by atoms with van der Waals surface area (Å²) in [5, 5.41) is 0. The number of nitrogens with zero attached hydrogens (tertiary/aromatic N) is 1. The molecule has 0 aliphatic heterocycles. The summed E-state index contributed by atoms with van der Waals surface area (Å²) in [4.78, 5) is 22.4. The summed E-state index contributed by atoms with van der Waals surface area (Å²) in [6, 6.07) is 5.02. The highest BCUT2D eigenvalue weighted by molar-refractivity contribution is 9.10. The minimum atomic E-state index is -0.781. The van der Waals surface area contributed by atoms with Crippen molar-refractivity contribution >= 4 is 22.0 Å². The molecular weight excluding hydrogens is 500 g/mol. The van der Waals surface area contributed by atoms with Gasteiger partial charge in [0.2, 0.25) is 0 Å². The lowest BCUT2D eigenvalue weighted by Crippen LogP contribution is -2.23. The van der Waals surface area contributed by atoms with Gasteiger partial charge in [-0.2, -0.15) is 0 Å². The second-order valence-electron chi connectivity index (χ2n) is 6.92. The Morgan fingerprint density at radius 2 is 1.97 bits per heavy atom. The highest BCUT2D eigenvalue weighted by Crippen LogP contribution is 2.24. The molecule has 0 aliphatic rings. The van der Waals surface area contributed by atoms with E-state index in [0.29, 0.717) is 12.3 Å². The molecule has 1 aromatic carbocycles. The van der Waals surface area contributed by atoms with Crippen molar-refractivity contribution < 1.29 is 23.0 Å². The number of benzene rings is 1. The van der Waals surface area contributed by atoms with Crippen molar-refractivity contribution in [3.8, 4) is 5.75 Å². The Hall–Kier alpha value is -3.14. The maximum Gasteiger partial charge on any atom is 0.404 e. The van der Waals surface area contributed by atoms with Crippen LogP contribution in [0.4, 0.5) is 13.6 Å². The van der Waals surface area contributed by atoms with Gasteiger partial charge in [0, 0.05) is 29.9 Å². The fourth-order valence-electron chi connectivity index (χ4n) is 2.50. The molecule has 0 fully saturated rings. The molecule has 0 atom stereocenters. The predicted octanol–water partition coefficient (Wildman–Crippen LogP) is 4.69. The van der Waals surface area contributed by atoms with Crippen LogP contribution in [0.15, 0.2) is 57.5 Å². The number of allylic oxidation sites excluding steroid dienone is 2. The van der Waals surface area contributed by atoms with E-state index in [1.165, 1.54) is 18.3 Å². The number of hydrogen-bond donors (Lipinski definition) is 2. The van der Waals surface area contributed by atoms with E-state index in [2.05, 4.69) is 26.4 Å². The normalized spacial score (nSPS) is 11.2. The van der Waals surface area contributed by atoms with Crippen LogP contribution in [0, 0.1) is 18.6 Å². The topological polar surface area (TPSA) is 110 Å². The first-order valence-electron chi connectivity index (χ1n) is 9.98. The summed E-state index contributed by atoms with van der Waals surface area (Å²) in [6.45, 7) is 6.13. The Labute approximate surface area is 199 Å². The van der Waals surface area contributed by atoms with Crippen LogP contribution in [0.25, 0.3) is 0 Å². The fraction of sp³-hybridized carbons (Fsp3) is 0.304. The zero-order valence-corrected chi connectivity index (χ0v) is 20.3. The molecule has 1 heterocycles. The molecule has 0 aliphatic carbocycles. The molecule has 180 valence electrons. The molecule has 2 aromatic rings. The number of rotatable bonds is 8. The number of aromatic nitrogens is 1. The number of carbonyl (C=O) groups excluding carboxylic acids is 1. The van der Waals surface area contributed by atoms with Crippen molar-refractivity contribution in [3.05, 3.63) is 85.9 Å². The van der Waals surface area contributed by atoms with Crippen LogP contribution in [0.2, 0.25) is 0 Å². The van der Waals surface area contributed by atoms with E-state index < -0.39 is 17.7 Å². The number of hydrogen-bond acceptors (Lipinski definition) is 5.